The molecule has 0 aliphatic rings. The summed E-state index contributed by atoms with van der Waals surface area (Å²) in [5, 5.41) is 2.99. The van der Waals surface area contributed by atoms with E-state index in [1.165, 1.54) is 0 Å². The molecule has 0 unspecified atom stereocenters. The Labute approximate surface area is 60.2 Å². The van der Waals surface area contributed by atoms with Crippen LogP contribution in [0.25, 0.3) is 0 Å². The highest BCUT2D eigenvalue weighted by molar-refractivity contribution is 7.80. The smallest absolute Gasteiger partial charge is 0.163 e. The molecule has 50 valence electrons. The Morgan fingerprint density at radius 1 is 1.62 bits per heavy atom. The monoisotopic (exact) mass is 155 g/mol. The summed E-state index contributed by atoms with van der Waals surface area (Å²) in [5.41, 5.74) is 10.1. The third-order valence-corrected chi connectivity index (χ3v) is 0.588. The van der Waals surface area contributed by atoms with Crippen molar-refractivity contribution in [2.45, 2.75) is 0 Å². The molecule has 5 heteroatoms. The number of nitrogens with two attached hydrogens (primary N) is 2. The Hall–Kier alpha value is -0.0600. The van der Waals surface area contributed by atoms with Crippen molar-refractivity contribution >= 4 is 29.7 Å². The molecule has 0 saturated carbocycles. The highest BCUT2D eigenvalue weighted by Gasteiger charge is 1.79. The molecule has 0 atom stereocenters. The summed E-state index contributed by atoms with van der Waals surface area (Å²) in [7, 11) is 0. The predicted molar refractivity (Wildman–Crippen MR) is 41.1 cm³/mol. The van der Waals surface area contributed by atoms with Gasteiger partial charge in [0.05, 0.1) is 0 Å². The van der Waals surface area contributed by atoms with Crippen molar-refractivity contribution in [2.75, 3.05) is 13.1 Å². The highest BCUT2D eigenvalue weighted by atomic mass is 35.5. The van der Waals surface area contributed by atoms with Crippen LogP contribution in [0.5, 0.6) is 0 Å². The quantitative estimate of drug-likeness (QED) is 0.457. The van der Waals surface area contributed by atoms with Crippen molar-refractivity contribution in [3.05, 3.63) is 0 Å². The second-order valence-corrected chi connectivity index (χ2v) is 1.52. The maximum Gasteiger partial charge on any atom is 0.163 e. The van der Waals surface area contributed by atoms with E-state index in [1.54, 1.807) is 0 Å². The SMILES string of the molecule is Cl.NCCNC(N)=S. The predicted octanol–water partition coefficient (Wildman–Crippen LogP) is -0.800. The molecule has 0 aliphatic heterocycles. The summed E-state index contributed by atoms with van der Waals surface area (Å²) in [4.78, 5) is 0. The second-order valence-electron chi connectivity index (χ2n) is 1.08. The molecule has 0 aromatic heterocycles. The number of hydrogen-bond donors (Lipinski definition) is 3. The van der Waals surface area contributed by atoms with E-state index >= 15 is 0 Å². The molecule has 3 nitrogen and oxygen atoms in total. The van der Waals surface area contributed by atoms with Crippen LogP contribution in [0, 0.1) is 0 Å². The average Bonchev–Trinajstić information content (AvgIpc) is 1.61. The lowest BCUT2D eigenvalue weighted by atomic mass is 10.7. The molecular formula is C3H10ClN3S. The minimum absolute atomic E-state index is 0. The van der Waals surface area contributed by atoms with E-state index in [0.29, 0.717) is 18.2 Å². The van der Waals surface area contributed by atoms with E-state index in [9.17, 15) is 0 Å². The average molecular weight is 156 g/mol. The molecule has 0 saturated heterocycles. The molecule has 0 rings (SSSR count). The summed E-state index contributed by atoms with van der Waals surface area (Å²) in [6, 6.07) is 0. The number of hydrogen-bond acceptors (Lipinski definition) is 2. The zero-order chi connectivity index (χ0) is 5.70. The zero-order valence-electron chi connectivity index (χ0n) is 4.39. The van der Waals surface area contributed by atoms with Gasteiger partial charge in [-0.3, -0.25) is 0 Å². The summed E-state index contributed by atoms with van der Waals surface area (Å²) in [5.74, 6) is 0. The van der Waals surface area contributed by atoms with Crippen molar-refractivity contribution in [1.82, 2.24) is 5.32 Å². The summed E-state index contributed by atoms with van der Waals surface area (Å²) in [6.07, 6.45) is 0. The standard InChI is InChI=1S/C3H9N3S.ClH/c4-1-2-6-3(5)7;/h1-2,4H2,(H3,5,6,7);1H. The fourth-order valence-electron chi connectivity index (χ4n) is 0.195. The lowest BCUT2D eigenvalue weighted by molar-refractivity contribution is 0.879. The van der Waals surface area contributed by atoms with Crippen LogP contribution < -0.4 is 16.8 Å². The van der Waals surface area contributed by atoms with Crippen molar-refractivity contribution < 1.29 is 0 Å². The summed E-state index contributed by atoms with van der Waals surface area (Å²) < 4.78 is 0. The van der Waals surface area contributed by atoms with E-state index in [2.05, 4.69) is 17.5 Å². The van der Waals surface area contributed by atoms with Crippen LogP contribution in [0.4, 0.5) is 0 Å². The molecule has 0 aliphatic carbocycles. The van der Waals surface area contributed by atoms with Crippen LogP contribution in [-0.4, -0.2) is 18.2 Å². The van der Waals surface area contributed by atoms with Gasteiger partial charge in [-0.1, -0.05) is 0 Å². The minimum Gasteiger partial charge on any atom is -0.376 e. The van der Waals surface area contributed by atoms with Gasteiger partial charge in [0.15, 0.2) is 5.11 Å². The molecule has 0 spiro atoms. The highest BCUT2D eigenvalue weighted by Crippen LogP contribution is 1.52. The molecule has 5 N–H and O–H groups in total. The number of thiocarbonyl (C=S) groups is 1. The van der Waals surface area contributed by atoms with Crippen molar-refractivity contribution in [1.29, 1.82) is 0 Å². The fraction of sp³-hybridized carbons (Fsp3) is 0.667. The minimum atomic E-state index is 0. The molecular weight excluding hydrogens is 146 g/mol. The Balaban J connectivity index is 0. The Morgan fingerprint density at radius 2 is 2.12 bits per heavy atom. The van der Waals surface area contributed by atoms with Gasteiger partial charge >= 0.3 is 0 Å². The van der Waals surface area contributed by atoms with Gasteiger partial charge in [0.1, 0.15) is 0 Å². The van der Waals surface area contributed by atoms with Gasteiger partial charge in [-0.2, -0.15) is 0 Å². The maximum absolute atomic E-state index is 5.10. The molecule has 0 aromatic carbocycles. The molecule has 8 heavy (non-hydrogen) atoms. The van der Waals surface area contributed by atoms with E-state index in [0.717, 1.165) is 0 Å². The van der Waals surface area contributed by atoms with Gasteiger partial charge in [-0.25, -0.2) is 0 Å². The zero-order valence-corrected chi connectivity index (χ0v) is 6.02. The van der Waals surface area contributed by atoms with Crippen LogP contribution in [0.1, 0.15) is 0 Å². The normalized spacial score (nSPS) is 7.12. The van der Waals surface area contributed by atoms with E-state index in [1.807, 2.05) is 0 Å². The van der Waals surface area contributed by atoms with E-state index < -0.39 is 0 Å². The van der Waals surface area contributed by atoms with Gasteiger partial charge in [-0.15, -0.1) is 12.4 Å². The first-order chi connectivity index (χ1) is 3.27. The van der Waals surface area contributed by atoms with Crippen molar-refractivity contribution in [2.24, 2.45) is 11.5 Å². The first-order valence-corrected chi connectivity index (χ1v) is 2.41. The molecule has 0 amide bonds. The van der Waals surface area contributed by atoms with Gasteiger partial charge in [0.2, 0.25) is 0 Å². The largest absolute Gasteiger partial charge is 0.376 e. The first kappa shape index (κ1) is 10.8. The summed E-state index contributed by atoms with van der Waals surface area (Å²) >= 11 is 4.47. The molecule has 0 heterocycles. The number of nitrogens with one attached hydrogen (secondary N) is 1. The topological polar surface area (TPSA) is 64.1 Å². The second kappa shape index (κ2) is 6.94. The summed E-state index contributed by atoms with van der Waals surface area (Å²) in [6.45, 7) is 1.23. The maximum atomic E-state index is 5.10. The van der Waals surface area contributed by atoms with Crippen LogP contribution in [0.3, 0.4) is 0 Å². The van der Waals surface area contributed by atoms with Crippen LogP contribution in [0.15, 0.2) is 0 Å². The third-order valence-electron chi connectivity index (χ3n) is 0.444. The number of halogens is 1. The van der Waals surface area contributed by atoms with E-state index in [-0.39, 0.29) is 12.4 Å². The Bertz CT molecular complexity index is 67.5. The Morgan fingerprint density at radius 3 is 2.25 bits per heavy atom. The van der Waals surface area contributed by atoms with Gasteiger partial charge in [0, 0.05) is 13.1 Å². The molecule has 0 fully saturated rings. The van der Waals surface area contributed by atoms with Gasteiger partial charge in [0.25, 0.3) is 0 Å². The van der Waals surface area contributed by atoms with E-state index in [4.69, 9.17) is 11.5 Å². The van der Waals surface area contributed by atoms with Crippen molar-refractivity contribution in [3.8, 4) is 0 Å². The van der Waals surface area contributed by atoms with Crippen LogP contribution >= 0.6 is 24.6 Å². The van der Waals surface area contributed by atoms with Crippen LogP contribution in [0.2, 0.25) is 0 Å². The molecule has 0 radical (unpaired) electrons. The molecule has 0 aromatic rings. The first-order valence-electron chi connectivity index (χ1n) is 2.00. The van der Waals surface area contributed by atoms with Crippen LogP contribution in [-0.2, 0) is 0 Å². The third kappa shape index (κ3) is 9.34. The van der Waals surface area contributed by atoms with Crippen molar-refractivity contribution in [3.63, 3.8) is 0 Å². The molecule has 0 bridgehead atoms. The van der Waals surface area contributed by atoms with Gasteiger partial charge < -0.3 is 16.8 Å². The number of rotatable bonds is 2. The lowest BCUT2D eigenvalue weighted by Crippen LogP contribution is -2.33. The lowest BCUT2D eigenvalue weighted by Gasteiger charge is -1.96. The van der Waals surface area contributed by atoms with Gasteiger partial charge in [-0.05, 0) is 12.2 Å². The fourth-order valence-corrected chi connectivity index (χ4v) is 0.297. The Kier molecular flexibility index (Phi) is 9.40.